The summed E-state index contributed by atoms with van der Waals surface area (Å²) in [6, 6.07) is 5.98. The van der Waals surface area contributed by atoms with E-state index >= 15 is 0 Å². The molecule has 0 heterocycles. The van der Waals surface area contributed by atoms with Crippen LogP contribution in [0.5, 0.6) is 0 Å². The molecule has 1 unspecified atom stereocenters. The van der Waals surface area contributed by atoms with Crippen molar-refractivity contribution in [3.63, 3.8) is 0 Å². The third kappa shape index (κ3) is 2.27. The highest BCUT2D eigenvalue weighted by Gasteiger charge is 2.08. The first kappa shape index (κ1) is 9.13. The van der Waals surface area contributed by atoms with Crippen molar-refractivity contribution in [3.8, 4) is 0 Å². The predicted molar refractivity (Wildman–Crippen MR) is 42.1 cm³/mol. The molecule has 0 bridgehead atoms. The number of aliphatic hydroxyl groups excluding tert-OH is 1. The molecule has 1 nitrogen and oxygen atoms in total. The molecule has 66 valence electrons. The maximum absolute atomic E-state index is 12.8. The molecule has 1 aromatic rings. The summed E-state index contributed by atoms with van der Waals surface area (Å²) in [5.41, 5.74) is 0.305. The Morgan fingerprint density at radius 3 is 2.58 bits per heavy atom. The Kier molecular flexibility index (Phi) is 3.17. The first-order valence-corrected chi connectivity index (χ1v) is 3.72. The fourth-order valence-corrected chi connectivity index (χ4v) is 0.967. The van der Waals surface area contributed by atoms with Gasteiger partial charge in [0.05, 0.1) is 6.61 Å². The van der Waals surface area contributed by atoms with Crippen LogP contribution in [-0.2, 0) is 6.42 Å². The van der Waals surface area contributed by atoms with E-state index in [1.807, 2.05) is 0 Å². The largest absolute Gasteiger partial charge is 0.393 e. The van der Waals surface area contributed by atoms with Gasteiger partial charge in [-0.1, -0.05) is 18.2 Å². The first-order valence-electron chi connectivity index (χ1n) is 3.72. The molecule has 0 radical (unpaired) electrons. The second kappa shape index (κ2) is 4.16. The molecule has 12 heavy (non-hydrogen) atoms. The summed E-state index contributed by atoms with van der Waals surface area (Å²) in [6.07, 6.45) is -1.44. The van der Waals surface area contributed by atoms with Crippen LogP contribution in [0.2, 0.25) is 0 Å². The number of hydrogen-bond acceptors (Lipinski definition) is 1. The lowest BCUT2D eigenvalue weighted by molar-refractivity contribution is 0.177. The lowest BCUT2D eigenvalue weighted by Crippen LogP contribution is -2.10. The van der Waals surface area contributed by atoms with Gasteiger partial charge in [-0.05, 0) is 11.6 Å². The number of rotatable bonds is 3. The lowest BCUT2D eigenvalue weighted by atomic mass is 10.1. The SMILES string of the molecule is OCC(F)Cc1ccccc1F. The first-order chi connectivity index (χ1) is 5.74. The van der Waals surface area contributed by atoms with Crippen LogP contribution >= 0.6 is 0 Å². The maximum Gasteiger partial charge on any atom is 0.127 e. The molecule has 0 spiro atoms. The third-order valence-corrected chi connectivity index (χ3v) is 1.60. The number of hydrogen-bond donors (Lipinski definition) is 1. The molecule has 1 N–H and O–H groups in total. The normalized spacial score (nSPS) is 12.9. The van der Waals surface area contributed by atoms with E-state index in [4.69, 9.17) is 5.11 Å². The molecule has 0 aromatic heterocycles. The molecule has 0 aliphatic heterocycles. The van der Waals surface area contributed by atoms with Crippen molar-refractivity contribution in [1.29, 1.82) is 0 Å². The van der Waals surface area contributed by atoms with Crippen molar-refractivity contribution in [2.45, 2.75) is 12.6 Å². The van der Waals surface area contributed by atoms with E-state index in [0.29, 0.717) is 5.56 Å². The topological polar surface area (TPSA) is 20.2 Å². The Balaban J connectivity index is 2.69. The molecule has 0 aliphatic rings. The van der Waals surface area contributed by atoms with E-state index in [1.54, 1.807) is 12.1 Å². The van der Waals surface area contributed by atoms with E-state index in [1.165, 1.54) is 12.1 Å². The standard InChI is InChI=1S/C9H10F2O/c10-8(6-12)5-7-3-1-2-4-9(7)11/h1-4,8,12H,5-6H2. The Labute approximate surface area is 69.7 Å². The van der Waals surface area contributed by atoms with Gasteiger partial charge in [0.2, 0.25) is 0 Å². The summed E-state index contributed by atoms with van der Waals surface area (Å²) in [4.78, 5) is 0. The van der Waals surface area contributed by atoms with Crippen molar-refractivity contribution >= 4 is 0 Å². The van der Waals surface area contributed by atoms with Gasteiger partial charge in [0.15, 0.2) is 0 Å². The minimum atomic E-state index is -1.37. The molecule has 1 atom stereocenters. The third-order valence-electron chi connectivity index (χ3n) is 1.60. The molecular weight excluding hydrogens is 162 g/mol. The van der Waals surface area contributed by atoms with E-state index in [-0.39, 0.29) is 6.42 Å². The summed E-state index contributed by atoms with van der Waals surface area (Å²) in [6.45, 7) is -0.561. The summed E-state index contributed by atoms with van der Waals surface area (Å²) < 4.78 is 25.4. The summed E-state index contributed by atoms with van der Waals surface area (Å²) in [5.74, 6) is -0.423. The van der Waals surface area contributed by atoms with Crippen LogP contribution in [0.15, 0.2) is 24.3 Å². The van der Waals surface area contributed by atoms with Gasteiger partial charge in [-0.3, -0.25) is 0 Å². The fraction of sp³-hybridized carbons (Fsp3) is 0.333. The van der Waals surface area contributed by atoms with Gasteiger partial charge < -0.3 is 5.11 Å². The highest BCUT2D eigenvalue weighted by molar-refractivity contribution is 5.17. The molecule has 0 aliphatic carbocycles. The van der Waals surface area contributed by atoms with Gasteiger partial charge in [-0.25, -0.2) is 8.78 Å². The summed E-state index contributed by atoms with van der Waals surface area (Å²) in [7, 11) is 0. The van der Waals surface area contributed by atoms with Crippen molar-refractivity contribution in [1.82, 2.24) is 0 Å². The average molecular weight is 172 g/mol. The number of benzene rings is 1. The Hall–Kier alpha value is -0.960. The highest BCUT2D eigenvalue weighted by atomic mass is 19.1. The van der Waals surface area contributed by atoms with Gasteiger partial charge in [0.25, 0.3) is 0 Å². The Bertz CT molecular complexity index is 250. The minimum absolute atomic E-state index is 0.0663. The van der Waals surface area contributed by atoms with Crippen LogP contribution in [0, 0.1) is 5.82 Å². The zero-order valence-electron chi connectivity index (χ0n) is 6.50. The van der Waals surface area contributed by atoms with Crippen molar-refractivity contribution < 1.29 is 13.9 Å². The highest BCUT2D eigenvalue weighted by Crippen LogP contribution is 2.10. The molecule has 0 amide bonds. The van der Waals surface area contributed by atoms with Crippen molar-refractivity contribution in [2.75, 3.05) is 6.61 Å². The lowest BCUT2D eigenvalue weighted by Gasteiger charge is -2.04. The van der Waals surface area contributed by atoms with E-state index in [9.17, 15) is 8.78 Å². The number of alkyl halides is 1. The number of aliphatic hydroxyl groups is 1. The van der Waals surface area contributed by atoms with Gasteiger partial charge in [0, 0.05) is 6.42 Å². The molecule has 0 saturated carbocycles. The van der Waals surface area contributed by atoms with E-state index in [2.05, 4.69) is 0 Å². The van der Waals surface area contributed by atoms with Crippen LogP contribution < -0.4 is 0 Å². The van der Waals surface area contributed by atoms with E-state index < -0.39 is 18.6 Å². The molecule has 0 fully saturated rings. The zero-order chi connectivity index (χ0) is 8.97. The quantitative estimate of drug-likeness (QED) is 0.735. The predicted octanol–water partition coefficient (Wildman–Crippen LogP) is 1.70. The minimum Gasteiger partial charge on any atom is -0.393 e. The van der Waals surface area contributed by atoms with Gasteiger partial charge in [0.1, 0.15) is 12.0 Å². The number of halogens is 2. The van der Waals surface area contributed by atoms with Crippen LogP contribution in [0.3, 0.4) is 0 Å². The maximum atomic E-state index is 12.8. The molecular formula is C9H10F2O. The second-order valence-corrected chi connectivity index (χ2v) is 2.58. The summed E-state index contributed by atoms with van der Waals surface area (Å²) in [5, 5.41) is 8.39. The Morgan fingerprint density at radius 2 is 2.00 bits per heavy atom. The summed E-state index contributed by atoms with van der Waals surface area (Å²) >= 11 is 0. The second-order valence-electron chi connectivity index (χ2n) is 2.58. The molecule has 1 aromatic carbocycles. The van der Waals surface area contributed by atoms with Crippen molar-refractivity contribution in [3.05, 3.63) is 35.6 Å². The van der Waals surface area contributed by atoms with Crippen LogP contribution in [0.25, 0.3) is 0 Å². The van der Waals surface area contributed by atoms with Gasteiger partial charge in [-0.15, -0.1) is 0 Å². The monoisotopic (exact) mass is 172 g/mol. The van der Waals surface area contributed by atoms with Crippen LogP contribution in [-0.4, -0.2) is 17.9 Å². The molecule has 1 rings (SSSR count). The van der Waals surface area contributed by atoms with Crippen molar-refractivity contribution in [2.24, 2.45) is 0 Å². The van der Waals surface area contributed by atoms with Crippen LogP contribution in [0.4, 0.5) is 8.78 Å². The average Bonchev–Trinajstić information content (AvgIpc) is 2.09. The van der Waals surface area contributed by atoms with Gasteiger partial charge >= 0.3 is 0 Å². The van der Waals surface area contributed by atoms with Gasteiger partial charge in [-0.2, -0.15) is 0 Å². The smallest absolute Gasteiger partial charge is 0.127 e. The Morgan fingerprint density at radius 1 is 1.33 bits per heavy atom. The zero-order valence-corrected chi connectivity index (χ0v) is 6.50. The molecule has 0 saturated heterocycles. The molecule has 3 heteroatoms. The van der Waals surface area contributed by atoms with E-state index in [0.717, 1.165) is 0 Å². The van der Waals surface area contributed by atoms with Crippen LogP contribution in [0.1, 0.15) is 5.56 Å². The fourth-order valence-electron chi connectivity index (χ4n) is 0.967.